The predicted octanol–water partition coefficient (Wildman–Crippen LogP) is 2.67. The number of likely N-dealkylation sites (tertiary alicyclic amines) is 1. The van der Waals surface area contributed by atoms with Crippen molar-refractivity contribution in [2.75, 3.05) is 19.7 Å². The van der Waals surface area contributed by atoms with Gasteiger partial charge in [-0.3, -0.25) is 9.59 Å². The summed E-state index contributed by atoms with van der Waals surface area (Å²) in [6.07, 6.45) is 3.56. The van der Waals surface area contributed by atoms with E-state index in [4.69, 9.17) is 4.74 Å². The van der Waals surface area contributed by atoms with E-state index in [1.54, 1.807) is 29.2 Å². The Morgan fingerprint density at radius 2 is 1.95 bits per heavy atom. The molecule has 4 heteroatoms. The smallest absolute Gasteiger partial charge is 0.222 e. The SMILES string of the molecule is CCOc1ccc(C(=O)CN2CCCCCC2=O)cc1. The maximum atomic E-state index is 12.2. The minimum absolute atomic E-state index is 0.0108. The summed E-state index contributed by atoms with van der Waals surface area (Å²) in [6.45, 7) is 3.41. The maximum absolute atomic E-state index is 12.2. The number of hydrogen-bond acceptors (Lipinski definition) is 3. The minimum Gasteiger partial charge on any atom is -0.494 e. The molecule has 0 spiro atoms. The maximum Gasteiger partial charge on any atom is 0.222 e. The molecule has 1 aromatic carbocycles. The van der Waals surface area contributed by atoms with Crippen LogP contribution in [0.15, 0.2) is 24.3 Å². The van der Waals surface area contributed by atoms with Crippen molar-refractivity contribution < 1.29 is 14.3 Å². The van der Waals surface area contributed by atoms with Gasteiger partial charge in [0.25, 0.3) is 0 Å². The molecular formula is C16H21NO3. The normalized spacial score (nSPS) is 15.8. The summed E-state index contributed by atoms with van der Waals surface area (Å²) < 4.78 is 5.35. The van der Waals surface area contributed by atoms with Gasteiger partial charge < -0.3 is 9.64 Å². The van der Waals surface area contributed by atoms with Crippen LogP contribution in [0.5, 0.6) is 5.75 Å². The zero-order valence-corrected chi connectivity index (χ0v) is 11.9. The molecular weight excluding hydrogens is 254 g/mol. The lowest BCUT2D eigenvalue weighted by molar-refractivity contribution is -0.130. The van der Waals surface area contributed by atoms with Crippen LogP contribution < -0.4 is 4.74 Å². The Bertz CT molecular complexity index is 467. The fourth-order valence-electron chi connectivity index (χ4n) is 2.37. The molecule has 1 aliphatic rings. The van der Waals surface area contributed by atoms with E-state index in [9.17, 15) is 9.59 Å². The van der Waals surface area contributed by atoms with Gasteiger partial charge in [-0.25, -0.2) is 0 Å². The molecule has 1 aliphatic heterocycles. The molecule has 0 N–H and O–H groups in total. The third-order valence-corrected chi connectivity index (χ3v) is 3.49. The van der Waals surface area contributed by atoms with E-state index < -0.39 is 0 Å². The molecule has 0 saturated carbocycles. The quantitative estimate of drug-likeness (QED) is 0.776. The fraction of sp³-hybridized carbons (Fsp3) is 0.500. The molecule has 1 saturated heterocycles. The number of benzene rings is 1. The fourth-order valence-corrected chi connectivity index (χ4v) is 2.37. The summed E-state index contributed by atoms with van der Waals surface area (Å²) in [4.78, 5) is 25.8. The van der Waals surface area contributed by atoms with Crippen LogP contribution in [0.25, 0.3) is 0 Å². The second kappa shape index (κ2) is 7.08. The van der Waals surface area contributed by atoms with Crippen LogP contribution >= 0.6 is 0 Å². The van der Waals surface area contributed by atoms with Crippen molar-refractivity contribution in [1.29, 1.82) is 0 Å². The molecule has 1 aromatic rings. The van der Waals surface area contributed by atoms with Crippen LogP contribution in [-0.4, -0.2) is 36.3 Å². The van der Waals surface area contributed by atoms with Crippen molar-refractivity contribution in [1.82, 2.24) is 4.90 Å². The molecule has 4 nitrogen and oxygen atoms in total. The van der Waals surface area contributed by atoms with Gasteiger partial charge in [-0.2, -0.15) is 0 Å². The molecule has 1 amide bonds. The highest BCUT2D eigenvalue weighted by Gasteiger charge is 2.19. The number of Topliss-reactive ketones (excluding diaryl/α,β-unsaturated/α-hetero) is 1. The third-order valence-electron chi connectivity index (χ3n) is 3.49. The van der Waals surface area contributed by atoms with E-state index in [1.807, 2.05) is 6.92 Å². The van der Waals surface area contributed by atoms with Gasteiger partial charge in [-0.15, -0.1) is 0 Å². The molecule has 0 atom stereocenters. The average molecular weight is 275 g/mol. The number of nitrogens with zero attached hydrogens (tertiary/aromatic N) is 1. The number of ketones is 1. The first-order valence-corrected chi connectivity index (χ1v) is 7.24. The second-order valence-corrected chi connectivity index (χ2v) is 5.01. The number of hydrogen-bond donors (Lipinski definition) is 0. The standard InChI is InChI=1S/C16H21NO3/c1-2-20-14-9-7-13(8-10-14)15(18)12-17-11-5-3-4-6-16(17)19/h7-10H,2-6,11-12H2,1H3. The monoisotopic (exact) mass is 275 g/mol. The topological polar surface area (TPSA) is 46.6 Å². The lowest BCUT2D eigenvalue weighted by atomic mass is 10.1. The summed E-state index contributed by atoms with van der Waals surface area (Å²) in [5.74, 6) is 0.847. The molecule has 108 valence electrons. The Kier molecular flexibility index (Phi) is 5.16. The number of ether oxygens (including phenoxy) is 1. The van der Waals surface area contributed by atoms with Gasteiger partial charge in [0, 0.05) is 18.5 Å². The van der Waals surface area contributed by atoms with E-state index in [2.05, 4.69) is 0 Å². The van der Waals surface area contributed by atoms with Crippen LogP contribution in [0.3, 0.4) is 0 Å². The summed E-state index contributed by atoms with van der Waals surface area (Å²) >= 11 is 0. The highest BCUT2D eigenvalue weighted by atomic mass is 16.5. The third kappa shape index (κ3) is 3.83. The Morgan fingerprint density at radius 1 is 1.20 bits per heavy atom. The van der Waals surface area contributed by atoms with Crippen molar-refractivity contribution in [3.05, 3.63) is 29.8 Å². The van der Waals surface area contributed by atoms with Crippen LogP contribution in [-0.2, 0) is 4.79 Å². The molecule has 0 bridgehead atoms. The Labute approximate surface area is 119 Å². The molecule has 0 aromatic heterocycles. The largest absolute Gasteiger partial charge is 0.494 e. The number of amides is 1. The van der Waals surface area contributed by atoms with Gasteiger partial charge in [0.05, 0.1) is 13.2 Å². The van der Waals surface area contributed by atoms with Gasteiger partial charge in [-0.1, -0.05) is 6.42 Å². The van der Waals surface area contributed by atoms with Gasteiger partial charge >= 0.3 is 0 Å². The van der Waals surface area contributed by atoms with E-state index in [1.165, 1.54) is 0 Å². The van der Waals surface area contributed by atoms with E-state index in [-0.39, 0.29) is 18.2 Å². The number of carbonyl (C=O) groups is 2. The molecule has 20 heavy (non-hydrogen) atoms. The predicted molar refractivity (Wildman–Crippen MR) is 77.0 cm³/mol. The van der Waals surface area contributed by atoms with Crippen molar-refractivity contribution in [3.8, 4) is 5.75 Å². The van der Waals surface area contributed by atoms with Crippen molar-refractivity contribution in [2.45, 2.75) is 32.6 Å². The van der Waals surface area contributed by atoms with Crippen LogP contribution in [0.4, 0.5) is 0 Å². The Hall–Kier alpha value is -1.84. The lowest BCUT2D eigenvalue weighted by Gasteiger charge is -2.19. The van der Waals surface area contributed by atoms with E-state index in [0.29, 0.717) is 25.1 Å². The Morgan fingerprint density at radius 3 is 2.65 bits per heavy atom. The van der Waals surface area contributed by atoms with Crippen LogP contribution in [0.2, 0.25) is 0 Å². The highest BCUT2D eigenvalue weighted by molar-refractivity contribution is 5.99. The van der Waals surface area contributed by atoms with Gasteiger partial charge in [0.15, 0.2) is 5.78 Å². The van der Waals surface area contributed by atoms with E-state index >= 15 is 0 Å². The van der Waals surface area contributed by atoms with Gasteiger partial charge in [0.1, 0.15) is 5.75 Å². The first-order chi connectivity index (χ1) is 9.70. The number of carbonyl (C=O) groups excluding carboxylic acids is 2. The molecule has 0 radical (unpaired) electrons. The van der Waals surface area contributed by atoms with E-state index in [0.717, 1.165) is 25.0 Å². The second-order valence-electron chi connectivity index (χ2n) is 5.01. The molecule has 1 fully saturated rings. The summed E-state index contributed by atoms with van der Waals surface area (Å²) in [7, 11) is 0. The number of rotatable bonds is 5. The van der Waals surface area contributed by atoms with Gasteiger partial charge in [-0.05, 0) is 44.0 Å². The van der Waals surface area contributed by atoms with Gasteiger partial charge in [0.2, 0.25) is 5.91 Å². The zero-order chi connectivity index (χ0) is 14.4. The van der Waals surface area contributed by atoms with Crippen molar-refractivity contribution >= 4 is 11.7 Å². The molecule has 1 heterocycles. The molecule has 0 aliphatic carbocycles. The molecule has 0 unspecified atom stereocenters. The Balaban J connectivity index is 1.98. The van der Waals surface area contributed by atoms with Crippen molar-refractivity contribution in [3.63, 3.8) is 0 Å². The van der Waals surface area contributed by atoms with Crippen molar-refractivity contribution in [2.24, 2.45) is 0 Å². The highest BCUT2D eigenvalue weighted by Crippen LogP contribution is 2.15. The minimum atomic E-state index is -0.0108. The average Bonchev–Trinajstić information content (AvgIpc) is 2.65. The lowest BCUT2D eigenvalue weighted by Crippen LogP contribution is -2.35. The molecule has 2 rings (SSSR count). The first-order valence-electron chi connectivity index (χ1n) is 7.24. The zero-order valence-electron chi connectivity index (χ0n) is 11.9. The summed E-state index contributed by atoms with van der Waals surface area (Å²) in [5.41, 5.74) is 0.630. The van der Waals surface area contributed by atoms with Crippen LogP contribution in [0, 0.1) is 0 Å². The summed E-state index contributed by atoms with van der Waals surface area (Å²) in [5, 5.41) is 0. The first kappa shape index (κ1) is 14.6. The van der Waals surface area contributed by atoms with Crippen LogP contribution in [0.1, 0.15) is 43.0 Å². The summed E-state index contributed by atoms with van der Waals surface area (Å²) in [6, 6.07) is 7.10.